The van der Waals surface area contributed by atoms with Crippen LogP contribution in [-0.2, 0) is 0 Å². The Labute approximate surface area is 146 Å². The van der Waals surface area contributed by atoms with Crippen molar-refractivity contribution in [3.63, 3.8) is 0 Å². The third kappa shape index (κ3) is 3.11. The lowest BCUT2D eigenvalue weighted by Gasteiger charge is -2.07. The maximum Gasteiger partial charge on any atom is 0.267 e. The molecule has 8 heteroatoms. The van der Waals surface area contributed by atoms with Crippen LogP contribution >= 0.6 is 11.3 Å². The predicted octanol–water partition coefficient (Wildman–Crippen LogP) is 1.40. The number of aromatic nitrogens is 1. The lowest BCUT2D eigenvalue weighted by molar-refractivity contribution is -0.255. The number of pyridine rings is 1. The summed E-state index contributed by atoms with van der Waals surface area (Å²) in [6.07, 6.45) is 0. The van der Waals surface area contributed by atoms with Crippen LogP contribution in [0.5, 0.6) is 0 Å². The Morgan fingerprint density at radius 1 is 1.16 bits per heavy atom. The van der Waals surface area contributed by atoms with Gasteiger partial charge in [-0.1, -0.05) is 6.07 Å². The van der Waals surface area contributed by atoms with E-state index in [9.17, 15) is 19.5 Å². The van der Waals surface area contributed by atoms with Crippen LogP contribution in [0.1, 0.15) is 31.2 Å². The number of aromatic carboxylic acids is 1. The van der Waals surface area contributed by atoms with Gasteiger partial charge in [-0.3, -0.25) is 9.59 Å². The molecule has 0 fully saturated rings. The molecule has 0 bridgehead atoms. The molecule has 2 heterocycles. The largest absolute Gasteiger partial charge is 0.545 e. The average Bonchev–Trinajstić information content (AvgIpc) is 2.81. The summed E-state index contributed by atoms with van der Waals surface area (Å²) in [5, 5.41) is 14.0. The molecule has 2 aromatic heterocycles. The van der Waals surface area contributed by atoms with Crippen LogP contribution < -0.4 is 21.7 Å². The summed E-state index contributed by atoms with van der Waals surface area (Å²) < 4.78 is 0. The molecule has 3 rings (SSSR count). The summed E-state index contributed by atoms with van der Waals surface area (Å²) in [5.74, 6) is -2.03. The molecule has 0 aliphatic rings. The maximum absolute atomic E-state index is 12.5. The van der Waals surface area contributed by atoms with E-state index in [1.54, 1.807) is 0 Å². The lowest BCUT2D eigenvalue weighted by atomic mass is 10.1. The molecule has 0 spiro atoms. The summed E-state index contributed by atoms with van der Waals surface area (Å²) in [5.41, 5.74) is 7.41. The Morgan fingerprint density at radius 3 is 2.40 bits per heavy atom. The summed E-state index contributed by atoms with van der Waals surface area (Å²) in [6, 6.07) is 6.76. The SMILES string of the molecule is Cc1cc(C)cc(NC(=O)c2sc3[nH]c(=O)c(C(=O)[O-])cc3c2N)c1. The average molecular weight is 356 g/mol. The van der Waals surface area contributed by atoms with Crippen LogP contribution in [-0.4, -0.2) is 16.9 Å². The molecule has 25 heavy (non-hydrogen) atoms. The van der Waals surface area contributed by atoms with Gasteiger partial charge in [0, 0.05) is 11.1 Å². The number of carbonyl (C=O) groups excluding carboxylic acids is 2. The van der Waals surface area contributed by atoms with Gasteiger partial charge in [0.25, 0.3) is 11.5 Å². The van der Waals surface area contributed by atoms with Crippen LogP contribution in [0.2, 0.25) is 0 Å². The van der Waals surface area contributed by atoms with Gasteiger partial charge in [0.15, 0.2) is 0 Å². The number of nitrogens with one attached hydrogen (secondary N) is 2. The molecule has 1 aromatic carbocycles. The van der Waals surface area contributed by atoms with Crippen molar-refractivity contribution in [2.45, 2.75) is 13.8 Å². The molecule has 0 atom stereocenters. The number of anilines is 2. The van der Waals surface area contributed by atoms with Gasteiger partial charge in [-0.15, -0.1) is 11.3 Å². The molecule has 0 radical (unpaired) electrons. The van der Waals surface area contributed by atoms with Crippen molar-refractivity contribution in [1.29, 1.82) is 0 Å². The molecule has 7 nitrogen and oxygen atoms in total. The highest BCUT2D eigenvalue weighted by atomic mass is 32.1. The zero-order chi connectivity index (χ0) is 18.3. The number of nitrogen functional groups attached to an aromatic ring is 1. The van der Waals surface area contributed by atoms with Crippen LogP contribution in [0.3, 0.4) is 0 Å². The number of aromatic amines is 1. The van der Waals surface area contributed by atoms with Crippen LogP contribution in [0.25, 0.3) is 10.2 Å². The van der Waals surface area contributed by atoms with Crippen molar-refractivity contribution < 1.29 is 14.7 Å². The number of hydrogen-bond donors (Lipinski definition) is 3. The van der Waals surface area contributed by atoms with Crippen molar-refractivity contribution >= 4 is 44.8 Å². The van der Waals surface area contributed by atoms with Gasteiger partial charge in [-0.25, -0.2) is 0 Å². The number of nitrogens with two attached hydrogens (primary N) is 1. The van der Waals surface area contributed by atoms with Gasteiger partial charge in [-0.05, 0) is 43.2 Å². The second kappa shape index (κ2) is 6.06. The molecule has 128 valence electrons. The Morgan fingerprint density at radius 2 is 1.80 bits per heavy atom. The summed E-state index contributed by atoms with van der Waals surface area (Å²) in [4.78, 5) is 38.2. The van der Waals surface area contributed by atoms with E-state index in [0.29, 0.717) is 15.9 Å². The van der Waals surface area contributed by atoms with E-state index in [2.05, 4.69) is 10.3 Å². The molecule has 4 N–H and O–H groups in total. The zero-order valence-corrected chi connectivity index (χ0v) is 14.2. The second-order valence-electron chi connectivity index (χ2n) is 5.72. The van der Waals surface area contributed by atoms with Crippen LogP contribution in [0.4, 0.5) is 11.4 Å². The van der Waals surface area contributed by atoms with Crippen molar-refractivity contribution in [2.24, 2.45) is 0 Å². The number of fused-ring (bicyclic) bond motifs is 1. The summed E-state index contributed by atoms with van der Waals surface area (Å²) >= 11 is 0.988. The molecular formula is C17H14N3O4S-. The molecule has 0 saturated heterocycles. The molecule has 1 amide bonds. The predicted molar refractivity (Wildman–Crippen MR) is 95.1 cm³/mol. The van der Waals surface area contributed by atoms with E-state index in [1.165, 1.54) is 0 Å². The van der Waals surface area contributed by atoms with Gasteiger partial charge >= 0.3 is 0 Å². The molecular weight excluding hydrogens is 342 g/mol. The zero-order valence-electron chi connectivity index (χ0n) is 13.4. The number of rotatable bonds is 3. The number of H-pyrrole nitrogens is 1. The quantitative estimate of drug-likeness (QED) is 0.653. The topological polar surface area (TPSA) is 128 Å². The number of benzene rings is 1. The first kappa shape index (κ1) is 16.7. The number of hydrogen-bond acceptors (Lipinski definition) is 6. The number of carbonyl (C=O) groups is 2. The highest BCUT2D eigenvalue weighted by molar-refractivity contribution is 7.21. The Balaban J connectivity index is 2.03. The number of carboxylic acids is 1. The number of carboxylic acid groups (broad SMARTS) is 1. The van der Waals surface area contributed by atoms with Crippen molar-refractivity contribution in [2.75, 3.05) is 11.1 Å². The molecule has 3 aromatic rings. The fourth-order valence-electron chi connectivity index (χ4n) is 2.63. The third-order valence-electron chi connectivity index (χ3n) is 3.65. The lowest BCUT2D eigenvalue weighted by Crippen LogP contribution is -2.29. The van der Waals surface area contributed by atoms with Gasteiger partial charge in [0.1, 0.15) is 9.71 Å². The van der Waals surface area contributed by atoms with E-state index in [4.69, 9.17) is 5.73 Å². The first-order valence-electron chi connectivity index (χ1n) is 7.32. The minimum atomic E-state index is -1.60. The number of thiophene rings is 1. The van der Waals surface area contributed by atoms with Crippen LogP contribution in [0, 0.1) is 13.8 Å². The van der Waals surface area contributed by atoms with E-state index < -0.39 is 23.0 Å². The smallest absolute Gasteiger partial charge is 0.267 e. The Bertz CT molecular complexity index is 1060. The van der Waals surface area contributed by atoms with E-state index in [-0.39, 0.29) is 10.6 Å². The van der Waals surface area contributed by atoms with Crippen LogP contribution in [0.15, 0.2) is 29.1 Å². The van der Waals surface area contributed by atoms with E-state index in [1.807, 2.05) is 32.0 Å². The highest BCUT2D eigenvalue weighted by Gasteiger charge is 2.18. The van der Waals surface area contributed by atoms with Crippen molar-refractivity contribution in [1.82, 2.24) is 4.98 Å². The first-order chi connectivity index (χ1) is 11.8. The Hall–Kier alpha value is -3.13. The van der Waals surface area contributed by atoms with Gasteiger partial charge < -0.3 is 25.9 Å². The molecule has 0 saturated carbocycles. The molecule has 0 aliphatic carbocycles. The summed E-state index contributed by atoms with van der Waals surface area (Å²) in [6.45, 7) is 3.84. The van der Waals surface area contributed by atoms with Gasteiger partial charge in [-0.2, -0.15) is 0 Å². The van der Waals surface area contributed by atoms with Gasteiger partial charge in [0.2, 0.25) is 0 Å². The van der Waals surface area contributed by atoms with Crippen molar-refractivity contribution in [3.05, 3.63) is 56.2 Å². The minimum Gasteiger partial charge on any atom is -0.545 e. The molecule has 0 aliphatic heterocycles. The first-order valence-corrected chi connectivity index (χ1v) is 8.14. The van der Waals surface area contributed by atoms with E-state index in [0.717, 1.165) is 28.5 Å². The van der Waals surface area contributed by atoms with E-state index >= 15 is 0 Å². The highest BCUT2D eigenvalue weighted by Crippen LogP contribution is 2.32. The standard InChI is InChI=1S/C17H15N3O4S/c1-7-3-8(2)5-9(4-7)19-15(22)13-12(18)10-6-11(17(23)24)14(21)20-16(10)25-13/h3-6H,18H2,1-2H3,(H,19,22)(H,20,21)(H,23,24)/p-1. The Kier molecular flexibility index (Phi) is 4.05. The fraction of sp³-hybridized carbons (Fsp3) is 0.118. The minimum absolute atomic E-state index is 0.112. The normalized spacial score (nSPS) is 10.8. The number of aryl methyl sites for hydroxylation is 2. The fourth-order valence-corrected chi connectivity index (χ4v) is 3.62. The molecule has 0 unspecified atom stereocenters. The third-order valence-corrected chi connectivity index (χ3v) is 4.79. The van der Waals surface area contributed by atoms with Crippen molar-refractivity contribution in [3.8, 4) is 0 Å². The monoisotopic (exact) mass is 356 g/mol. The second-order valence-corrected chi connectivity index (χ2v) is 6.74. The maximum atomic E-state index is 12.5. The van der Waals surface area contributed by atoms with Gasteiger partial charge in [0.05, 0.1) is 17.2 Å². The summed E-state index contributed by atoms with van der Waals surface area (Å²) in [7, 11) is 0. The number of amides is 1.